The van der Waals surface area contributed by atoms with E-state index in [2.05, 4.69) is 5.32 Å². The van der Waals surface area contributed by atoms with E-state index in [1.807, 2.05) is 6.92 Å². The molecule has 0 aliphatic carbocycles. The van der Waals surface area contributed by atoms with Crippen LogP contribution >= 0.6 is 0 Å². The highest BCUT2D eigenvalue weighted by Gasteiger charge is 2.18. The summed E-state index contributed by atoms with van der Waals surface area (Å²) >= 11 is 0. The van der Waals surface area contributed by atoms with Gasteiger partial charge in [0, 0.05) is 19.0 Å². The van der Waals surface area contributed by atoms with Crippen molar-refractivity contribution < 1.29 is 19.1 Å². The summed E-state index contributed by atoms with van der Waals surface area (Å²) < 4.78 is 6.49. The Bertz CT molecular complexity index is 715. The number of nitrogens with zero attached hydrogens (tertiary/aromatic N) is 1. The lowest BCUT2D eigenvalue weighted by molar-refractivity contribution is -0.155. The number of amides is 1. The van der Waals surface area contributed by atoms with Crippen molar-refractivity contribution in [2.45, 2.75) is 66.0 Å². The zero-order valence-corrected chi connectivity index (χ0v) is 16.1. The molecule has 1 N–H and O–H groups in total. The SMILES string of the molecule is CC(=O)Cn1cccc(NC(=O)CC(C)CCC(=O)OC(C)(C)C)c1=O. The molecule has 144 valence electrons. The molecule has 0 saturated heterocycles. The summed E-state index contributed by atoms with van der Waals surface area (Å²) in [6.07, 6.45) is 2.45. The molecule has 1 rings (SSSR count). The van der Waals surface area contributed by atoms with Gasteiger partial charge in [0.15, 0.2) is 0 Å². The third-order valence-electron chi connectivity index (χ3n) is 3.48. The number of aromatic nitrogens is 1. The Labute approximate surface area is 153 Å². The lowest BCUT2D eigenvalue weighted by Gasteiger charge is -2.20. The van der Waals surface area contributed by atoms with Crippen molar-refractivity contribution in [1.82, 2.24) is 4.57 Å². The summed E-state index contributed by atoms with van der Waals surface area (Å²) in [7, 11) is 0. The monoisotopic (exact) mass is 364 g/mol. The summed E-state index contributed by atoms with van der Waals surface area (Å²) in [5, 5.41) is 2.58. The molecule has 0 aromatic carbocycles. The third-order valence-corrected chi connectivity index (χ3v) is 3.48. The first-order valence-corrected chi connectivity index (χ1v) is 8.68. The first-order chi connectivity index (χ1) is 12.0. The van der Waals surface area contributed by atoms with Gasteiger partial charge in [-0.3, -0.25) is 19.2 Å². The van der Waals surface area contributed by atoms with Gasteiger partial charge in [-0.1, -0.05) is 6.92 Å². The molecule has 0 aliphatic heterocycles. The minimum Gasteiger partial charge on any atom is -0.460 e. The van der Waals surface area contributed by atoms with Gasteiger partial charge in [0.2, 0.25) is 5.91 Å². The van der Waals surface area contributed by atoms with E-state index in [1.165, 1.54) is 23.8 Å². The van der Waals surface area contributed by atoms with Crippen molar-refractivity contribution >= 4 is 23.3 Å². The Morgan fingerprint density at radius 1 is 1.27 bits per heavy atom. The molecule has 1 unspecified atom stereocenters. The number of Topliss-reactive ketones (excluding diaryl/α,β-unsaturated/α-hetero) is 1. The minimum absolute atomic E-state index is 0.0329. The van der Waals surface area contributed by atoms with Crippen molar-refractivity contribution in [3.05, 3.63) is 28.7 Å². The number of pyridine rings is 1. The predicted molar refractivity (Wildman–Crippen MR) is 98.9 cm³/mol. The number of carbonyl (C=O) groups is 3. The van der Waals surface area contributed by atoms with Crippen LogP contribution < -0.4 is 10.9 Å². The smallest absolute Gasteiger partial charge is 0.306 e. The molecule has 1 amide bonds. The lowest BCUT2D eigenvalue weighted by Crippen LogP contribution is -2.28. The van der Waals surface area contributed by atoms with Gasteiger partial charge in [0.05, 0.1) is 6.54 Å². The Hall–Kier alpha value is -2.44. The summed E-state index contributed by atoms with van der Waals surface area (Å²) in [6.45, 7) is 8.64. The maximum atomic E-state index is 12.2. The van der Waals surface area contributed by atoms with Crippen LogP contribution in [0.2, 0.25) is 0 Å². The fourth-order valence-electron chi connectivity index (χ4n) is 2.37. The van der Waals surface area contributed by atoms with Crippen LogP contribution in [0, 0.1) is 5.92 Å². The number of ketones is 1. The average Bonchev–Trinajstić information content (AvgIpc) is 2.47. The largest absolute Gasteiger partial charge is 0.460 e. The number of anilines is 1. The number of nitrogens with one attached hydrogen (secondary N) is 1. The molecule has 26 heavy (non-hydrogen) atoms. The molecule has 7 heteroatoms. The second-order valence-electron chi connectivity index (χ2n) is 7.54. The van der Waals surface area contributed by atoms with Gasteiger partial charge >= 0.3 is 5.97 Å². The standard InChI is InChI=1S/C19H28N2O5/c1-13(8-9-17(24)26-19(3,4)5)11-16(23)20-15-7-6-10-21(18(15)25)12-14(2)22/h6-7,10,13H,8-9,11-12H2,1-5H3,(H,20,23). The Kier molecular flexibility index (Phi) is 7.74. The van der Waals surface area contributed by atoms with Crippen LogP contribution in [0.25, 0.3) is 0 Å². The molecule has 0 aliphatic rings. The molecular formula is C19H28N2O5. The van der Waals surface area contributed by atoms with E-state index in [-0.39, 0.29) is 48.7 Å². The number of hydrogen-bond donors (Lipinski definition) is 1. The van der Waals surface area contributed by atoms with E-state index < -0.39 is 11.2 Å². The number of ether oxygens (including phenoxy) is 1. The number of carbonyl (C=O) groups excluding carboxylic acids is 3. The van der Waals surface area contributed by atoms with Crippen LogP contribution in [-0.4, -0.2) is 27.8 Å². The molecule has 7 nitrogen and oxygen atoms in total. The first kappa shape index (κ1) is 21.6. The van der Waals surface area contributed by atoms with Gasteiger partial charge in [0.25, 0.3) is 5.56 Å². The molecule has 1 aromatic rings. The molecule has 0 fully saturated rings. The van der Waals surface area contributed by atoms with Crippen molar-refractivity contribution in [2.75, 3.05) is 5.32 Å². The normalized spacial score (nSPS) is 12.3. The fourth-order valence-corrected chi connectivity index (χ4v) is 2.37. The molecule has 1 aromatic heterocycles. The second kappa shape index (κ2) is 9.31. The maximum absolute atomic E-state index is 12.2. The van der Waals surface area contributed by atoms with E-state index in [0.29, 0.717) is 6.42 Å². The minimum atomic E-state index is -0.523. The number of esters is 1. The van der Waals surface area contributed by atoms with Gasteiger partial charge < -0.3 is 14.6 Å². The van der Waals surface area contributed by atoms with E-state index in [1.54, 1.807) is 26.8 Å². The van der Waals surface area contributed by atoms with E-state index in [0.717, 1.165) is 0 Å². The van der Waals surface area contributed by atoms with E-state index in [9.17, 15) is 19.2 Å². The zero-order valence-electron chi connectivity index (χ0n) is 16.1. The van der Waals surface area contributed by atoms with Crippen LogP contribution in [-0.2, 0) is 25.7 Å². The van der Waals surface area contributed by atoms with Crippen molar-refractivity contribution in [3.8, 4) is 0 Å². The highest BCUT2D eigenvalue weighted by atomic mass is 16.6. The first-order valence-electron chi connectivity index (χ1n) is 8.68. The second-order valence-corrected chi connectivity index (χ2v) is 7.54. The van der Waals surface area contributed by atoms with Crippen LogP contribution in [0.4, 0.5) is 5.69 Å². The van der Waals surface area contributed by atoms with E-state index >= 15 is 0 Å². The molecule has 1 heterocycles. The summed E-state index contributed by atoms with van der Waals surface area (Å²) in [6, 6.07) is 3.11. The summed E-state index contributed by atoms with van der Waals surface area (Å²) in [4.78, 5) is 47.2. The van der Waals surface area contributed by atoms with Crippen LogP contribution in [0.1, 0.15) is 53.9 Å². The highest BCUT2D eigenvalue weighted by molar-refractivity contribution is 5.90. The van der Waals surface area contributed by atoms with Gasteiger partial charge in [-0.05, 0) is 52.2 Å². The van der Waals surface area contributed by atoms with Crippen molar-refractivity contribution in [1.29, 1.82) is 0 Å². The average molecular weight is 364 g/mol. The number of rotatable bonds is 8. The summed E-state index contributed by atoms with van der Waals surface area (Å²) in [5.74, 6) is -0.781. The molecule has 0 saturated carbocycles. The topological polar surface area (TPSA) is 94.5 Å². The highest BCUT2D eigenvalue weighted by Crippen LogP contribution is 2.15. The van der Waals surface area contributed by atoms with Crippen LogP contribution in [0.5, 0.6) is 0 Å². The Balaban J connectivity index is 2.55. The summed E-state index contributed by atoms with van der Waals surface area (Å²) in [5.41, 5.74) is -0.805. The number of hydrogen-bond acceptors (Lipinski definition) is 5. The van der Waals surface area contributed by atoms with Gasteiger partial charge in [0.1, 0.15) is 17.1 Å². The molecule has 0 spiro atoms. The van der Waals surface area contributed by atoms with Crippen LogP contribution in [0.15, 0.2) is 23.1 Å². The molecule has 0 radical (unpaired) electrons. The van der Waals surface area contributed by atoms with Gasteiger partial charge in [-0.25, -0.2) is 0 Å². The Morgan fingerprint density at radius 3 is 2.50 bits per heavy atom. The maximum Gasteiger partial charge on any atom is 0.306 e. The fraction of sp³-hybridized carbons (Fsp3) is 0.579. The lowest BCUT2D eigenvalue weighted by atomic mass is 10.0. The predicted octanol–water partition coefficient (Wildman–Crippen LogP) is 2.52. The van der Waals surface area contributed by atoms with E-state index in [4.69, 9.17) is 4.74 Å². The molecule has 1 atom stereocenters. The van der Waals surface area contributed by atoms with Crippen molar-refractivity contribution in [2.24, 2.45) is 5.92 Å². The Morgan fingerprint density at radius 2 is 1.92 bits per heavy atom. The zero-order chi connectivity index (χ0) is 19.9. The quantitative estimate of drug-likeness (QED) is 0.715. The van der Waals surface area contributed by atoms with Gasteiger partial charge in [-0.15, -0.1) is 0 Å². The van der Waals surface area contributed by atoms with Crippen LogP contribution in [0.3, 0.4) is 0 Å². The third kappa shape index (κ3) is 8.09. The van der Waals surface area contributed by atoms with Crippen molar-refractivity contribution in [3.63, 3.8) is 0 Å². The molecular weight excluding hydrogens is 336 g/mol. The van der Waals surface area contributed by atoms with Gasteiger partial charge in [-0.2, -0.15) is 0 Å². The molecule has 0 bridgehead atoms.